The Morgan fingerprint density at radius 1 is 1.56 bits per heavy atom. The second kappa shape index (κ2) is 7.17. The third kappa shape index (κ3) is 3.98. The zero-order valence-electron chi connectivity index (χ0n) is 10.4. The van der Waals surface area contributed by atoms with E-state index < -0.39 is 0 Å². The van der Waals surface area contributed by atoms with Crippen LogP contribution in [0.1, 0.15) is 39.0 Å². The van der Waals surface area contributed by atoms with Gasteiger partial charge in [-0.2, -0.15) is 11.8 Å². The molecule has 1 amide bonds. The van der Waals surface area contributed by atoms with Gasteiger partial charge in [-0.25, -0.2) is 0 Å². The SMILES string of the molecule is CCC(CN)C(=O)NC1CCCC(SC)C1. The predicted octanol–water partition coefficient (Wildman–Crippen LogP) is 1.76. The van der Waals surface area contributed by atoms with Crippen molar-refractivity contribution in [1.29, 1.82) is 0 Å². The van der Waals surface area contributed by atoms with Gasteiger partial charge >= 0.3 is 0 Å². The van der Waals surface area contributed by atoms with E-state index in [-0.39, 0.29) is 11.8 Å². The van der Waals surface area contributed by atoms with Crippen LogP contribution in [0.15, 0.2) is 0 Å². The highest BCUT2D eigenvalue weighted by molar-refractivity contribution is 7.99. The van der Waals surface area contributed by atoms with E-state index >= 15 is 0 Å². The molecule has 4 heteroatoms. The first-order valence-corrected chi connectivity index (χ1v) is 7.53. The van der Waals surface area contributed by atoms with Gasteiger partial charge in [-0.05, 0) is 31.9 Å². The first-order chi connectivity index (χ1) is 7.71. The normalized spacial score (nSPS) is 27.4. The van der Waals surface area contributed by atoms with Gasteiger partial charge in [-0.15, -0.1) is 0 Å². The zero-order valence-corrected chi connectivity index (χ0v) is 11.2. The number of carbonyl (C=O) groups excluding carboxylic acids is 1. The fraction of sp³-hybridized carbons (Fsp3) is 0.917. The summed E-state index contributed by atoms with van der Waals surface area (Å²) < 4.78 is 0. The molecule has 0 bridgehead atoms. The van der Waals surface area contributed by atoms with Crippen LogP contribution in [0.5, 0.6) is 0 Å². The monoisotopic (exact) mass is 244 g/mol. The number of hydrogen-bond acceptors (Lipinski definition) is 3. The average molecular weight is 244 g/mol. The lowest BCUT2D eigenvalue weighted by Crippen LogP contribution is -2.43. The molecule has 3 N–H and O–H groups in total. The van der Waals surface area contributed by atoms with Crippen LogP contribution >= 0.6 is 11.8 Å². The van der Waals surface area contributed by atoms with E-state index in [0.717, 1.165) is 24.5 Å². The Morgan fingerprint density at radius 3 is 2.88 bits per heavy atom. The van der Waals surface area contributed by atoms with E-state index in [4.69, 9.17) is 5.73 Å². The van der Waals surface area contributed by atoms with Crippen LogP contribution in [0.25, 0.3) is 0 Å². The number of carbonyl (C=O) groups is 1. The molecule has 0 aromatic carbocycles. The van der Waals surface area contributed by atoms with Crippen molar-refractivity contribution in [2.75, 3.05) is 12.8 Å². The number of nitrogens with two attached hydrogens (primary N) is 1. The highest BCUT2D eigenvalue weighted by Crippen LogP contribution is 2.27. The molecule has 1 fully saturated rings. The van der Waals surface area contributed by atoms with Crippen molar-refractivity contribution < 1.29 is 4.79 Å². The second-order valence-electron chi connectivity index (χ2n) is 4.57. The van der Waals surface area contributed by atoms with Gasteiger partial charge in [-0.3, -0.25) is 4.79 Å². The summed E-state index contributed by atoms with van der Waals surface area (Å²) in [5, 5.41) is 3.87. The summed E-state index contributed by atoms with van der Waals surface area (Å²) in [4.78, 5) is 11.9. The molecule has 0 saturated heterocycles. The molecule has 94 valence electrons. The molecular weight excluding hydrogens is 220 g/mol. The van der Waals surface area contributed by atoms with Crippen molar-refractivity contribution in [3.05, 3.63) is 0 Å². The Balaban J connectivity index is 2.38. The molecule has 3 nitrogen and oxygen atoms in total. The predicted molar refractivity (Wildman–Crippen MR) is 70.5 cm³/mol. The Morgan fingerprint density at radius 2 is 2.31 bits per heavy atom. The first kappa shape index (κ1) is 13.8. The molecule has 0 heterocycles. The van der Waals surface area contributed by atoms with E-state index in [1.54, 1.807) is 0 Å². The number of thioether (sulfide) groups is 1. The second-order valence-corrected chi connectivity index (χ2v) is 5.71. The van der Waals surface area contributed by atoms with E-state index in [9.17, 15) is 4.79 Å². The van der Waals surface area contributed by atoms with Crippen molar-refractivity contribution in [2.24, 2.45) is 11.7 Å². The van der Waals surface area contributed by atoms with Crippen LogP contribution in [0.2, 0.25) is 0 Å². The van der Waals surface area contributed by atoms with Crippen LogP contribution in [-0.4, -0.2) is 30.0 Å². The highest BCUT2D eigenvalue weighted by Gasteiger charge is 2.24. The number of hydrogen-bond donors (Lipinski definition) is 2. The Bertz CT molecular complexity index is 219. The van der Waals surface area contributed by atoms with Gasteiger partial charge in [0.15, 0.2) is 0 Å². The summed E-state index contributed by atoms with van der Waals surface area (Å²) in [6.07, 6.45) is 7.76. The summed E-state index contributed by atoms with van der Waals surface area (Å²) in [6.45, 7) is 2.48. The Hall–Kier alpha value is -0.220. The largest absolute Gasteiger partial charge is 0.353 e. The molecule has 3 unspecified atom stereocenters. The van der Waals surface area contributed by atoms with E-state index in [1.165, 1.54) is 12.8 Å². The van der Waals surface area contributed by atoms with Gasteiger partial charge < -0.3 is 11.1 Å². The third-order valence-corrected chi connectivity index (χ3v) is 4.55. The molecule has 0 aromatic rings. The fourth-order valence-corrected chi connectivity index (χ4v) is 3.10. The Kier molecular flexibility index (Phi) is 6.21. The topological polar surface area (TPSA) is 55.1 Å². The van der Waals surface area contributed by atoms with Gasteiger partial charge in [-0.1, -0.05) is 13.3 Å². The maximum absolute atomic E-state index is 11.9. The molecule has 16 heavy (non-hydrogen) atoms. The summed E-state index contributed by atoms with van der Waals surface area (Å²) in [5.41, 5.74) is 5.58. The standard InChI is InChI=1S/C12H24N2OS/c1-3-9(8-13)12(15)14-10-5-4-6-11(7-10)16-2/h9-11H,3-8,13H2,1-2H3,(H,14,15). The number of rotatable bonds is 5. The molecule has 1 aliphatic carbocycles. The van der Waals surface area contributed by atoms with Crippen LogP contribution in [0.4, 0.5) is 0 Å². The smallest absolute Gasteiger partial charge is 0.224 e. The quantitative estimate of drug-likeness (QED) is 0.775. The van der Waals surface area contributed by atoms with Crippen LogP contribution in [0, 0.1) is 5.92 Å². The van der Waals surface area contributed by atoms with Crippen molar-refractivity contribution in [3.8, 4) is 0 Å². The minimum absolute atomic E-state index is 0.00495. The summed E-state index contributed by atoms with van der Waals surface area (Å²) >= 11 is 1.92. The molecular formula is C12H24N2OS. The molecule has 0 spiro atoms. The summed E-state index contributed by atoms with van der Waals surface area (Å²) in [6, 6.07) is 0.374. The van der Waals surface area contributed by atoms with E-state index in [2.05, 4.69) is 11.6 Å². The van der Waals surface area contributed by atoms with Gasteiger partial charge in [0.05, 0.1) is 0 Å². The van der Waals surface area contributed by atoms with Gasteiger partial charge in [0.25, 0.3) is 0 Å². The molecule has 0 radical (unpaired) electrons. The van der Waals surface area contributed by atoms with Crippen molar-refractivity contribution in [2.45, 2.75) is 50.3 Å². The summed E-state index contributed by atoms with van der Waals surface area (Å²) in [5.74, 6) is 0.145. The lowest BCUT2D eigenvalue weighted by Gasteiger charge is -2.29. The minimum atomic E-state index is -0.00495. The van der Waals surface area contributed by atoms with Crippen LogP contribution in [0.3, 0.4) is 0 Å². The molecule has 0 aromatic heterocycles. The maximum Gasteiger partial charge on any atom is 0.224 e. The van der Waals surface area contributed by atoms with Crippen molar-refractivity contribution in [1.82, 2.24) is 5.32 Å². The third-order valence-electron chi connectivity index (χ3n) is 3.45. The van der Waals surface area contributed by atoms with Gasteiger partial charge in [0.1, 0.15) is 0 Å². The van der Waals surface area contributed by atoms with E-state index in [1.807, 2.05) is 18.7 Å². The molecule has 1 saturated carbocycles. The lowest BCUT2D eigenvalue weighted by atomic mass is 9.94. The van der Waals surface area contributed by atoms with Crippen LogP contribution in [-0.2, 0) is 4.79 Å². The van der Waals surface area contributed by atoms with Crippen molar-refractivity contribution >= 4 is 17.7 Å². The number of amides is 1. The van der Waals surface area contributed by atoms with E-state index in [0.29, 0.717) is 12.6 Å². The summed E-state index contributed by atoms with van der Waals surface area (Å²) in [7, 11) is 0. The molecule has 1 aliphatic rings. The van der Waals surface area contributed by atoms with Crippen LogP contribution < -0.4 is 11.1 Å². The van der Waals surface area contributed by atoms with Gasteiger partial charge in [0.2, 0.25) is 5.91 Å². The molecule has 0 aliphatic heterocycles. The molecule has 3 atom stereocenters. The Labute approximate surface area is 103 Å². The maximum atomic E-state index is 11.9. The molecule has 1 rings (SSSR count). The van der Waals surface area contributed by atoms with Gasteiger partial charge in [0, 0.05) is 23.8 Å². The highest BCUT2D eigenvalue weighted by atomic mass is 32.2. The zero-order chi connectivity index (χ0) is 12.0. The first-order valence-electron chi connectivity index (χ1n) is 6.24. The number of nitrogens with one attached hydrogen (secondary N) is 1. The fourth-order valence-electron chi connectivity index (χ4n) is 2.27. The lowest BCUT2D eigenvalue weighted by molar-refractivity contribution is -0.125. The average Bonchev–Trinajstić information content (AvgIpc) is 2.31. The van der Waals surface area contributed by atoms with Crippen molar-refractivity contribution in [3.63, 3.8) is 0 Å². The minimum Gasteiger partial charge on any atom is -0.353 e.